The summed E-state index contributed by atoms with van der Waals surface area (Å²) in [6, 6.07) is 9.24. The number of benzene rings is 1. The van der Waals surface area contributed by atoms with Gasteiger partial charge in [0.15, 0.2) is 0 Å². The number of rotatable bonds is 7. The number of likely N-dealkylation sites (N-methyl/N-ethyl adjacent to an activating group) is 1. The van der Waals surface area contributed by atoms with Crippen LogP contribution in [0.25, 0.3) is 0 Å². The van der Waals surface area contributed by atoms with Crippen molar-refractivity contribution in [3.8, 4) is 0 Å². The normalized spacial score (nSPS) is 13.0. The van der Waals surface area contributed by atoms with Gasteiger partial charge in [-0.3, -0.25) is 0 Å². The van der Waals surface area contributed by atoms with E-state index in [1.165, 1.54) is 11.1 Å². The van der Waals surface area contributed by atoms with E-state index in [-0.39, 0.29) is 0 Å². The Balaban J connectivity index is 2.35. The van der Waals surface area contributed by atoms with Crippen molar-refractivity contribution in [2.75, 3.05) is 19.6 Å². The van der Waals surface area contributed by atoms with E-state index < -0.39 is 0 Å². The smallest absolute Gasteiger partial charge is 0.0208 e. The van der Waals surface area contributed by atoms with Crippen LogP contribution in [0.1, 0.15) is 31.9 Å². The van der Waals surface area contributed by atoms with Crippen molar-refractivity contribution in [2.45, 2.75) is 40.3 Å². The molecule has 0 aliphatic carbocycles. The predicted octanol–water partition coefficient (Wildman–Crippen LogP) is 2.81. The first kappa shape index (κ1) is 14.2. The van der Waals surface area contributed by atoms with Crippen LogP contribution in [0, 0.1) is 6.92 Å². The minimum absolute atomic E-state index is 0.537. The van der Waals surface area contributed by atoms with Gasteiger partial charge in [-0.15, -0.1) is 0 Å². The summed E-state index contributed by atoms with van der Waals surface area (Å²) in [5.41, 5.74) is 2.71. The van der Waals surface area contributed by atoms with Gasteiger partial charge in [0, 0.05) is 19.1 Å². The second-order valence-electron chi connectivity index (χ2n) is 4.76. The van der Waals surface area contributed by atoms with E-state index in [1.54, 1.807) is 0 Å². The molecule has 0 amide bonds. The number of nitrogens with one attached hydrogen (secondary N) is 1. The maximum Gasteiger partial charge on any atom is 0.0208 e. The maximum atomic E-state index is 3.58. The fraction of sp³-hybridized carbons (Fsp3) is 0.600. The highest BCUT2D eigenvalue weighted by Crippen LogP contribution is 2.04. The van der Waals surface area contributed by atoms with E-state index in [4.69, 9.17) is 0 Å². The van der Waals surface area contributed by atoms with E-state index >= 15 is 0 Å². The summed E-state index contributed by atoms with van der Waals surface area (Å²) in [4.78, 5) is 2.45. The fourth-order valence-electron chi connectivity index (χ4n) is 2.05. The van der Waals surface area contributed by atoms with Crippen molar-refractivity contribution >= 4 is 0 Å². The van der Waals surface area contributed by atoms with Gasteiger partial charge in [0.05, 0.1) is 0 Å². The monoisotopic (exact) mass is 234 g/mol. The molecule has 0 radical (unpaired) electrons. The Labute approximate surface area is 106 Å². The molecule has 2 nitrogen and oxygen atoms in total. The van der Waals surface area contributed by atoms with Gasteiger partial charge in [-0.2, -0.15) is 0 Å². The summed E-state index contributed by atoms with van der Waals surface area (Å²) in [5, 5.41) is 3.58. The zero-order valence-electron chi connectivity index (χ0n) is 11.7. The Hall–Kier alpha value is -0.860. The van der Waals surface area contributed by atoms with Crippen LogP contribution in [0.5, 0.6) is 0 Å². The second-order valence-corrected chi connectivity index (χ2v) is 4.76. The number of hydrogen-bond acceptors (Lipinski definition) is 2. The van der Waals surface area contributed by atoms with Crippen LogP contribution in [0.3, 0.4) is 0 Å². The van der Waals surface area contributed by atoms with Gasteiger partial charge in [-0.1, -0.05) is 43.7 Å². The lowest BCUT2D eigenvalue weighted by atomic mass is 10.1. The molecule has 1 aromatic rings. The third-order valence-electron chi connectivity index (χ3n) is 3.16. The minimum Gasteiger partial charge on any atom is -0.309 e. The molecule has 1 rings (SSSR count). The molecule has 0 bridgehead atoms. The highest BCUT2D eigenvalue weighted by molar-refractivity contribution is 5.21. The molecule has 0 saturated carbocycles. The first-order valence-corrected chi connectivity index (χ1v) is 6.67. The van der Waals surface area contributed by atoms with Crippen molar-refractivity contribution in [3.63, 3.8) is 0 Å². The van der Waals surface area contributed by atoms with E-state index in [9.17, 15) is 0 Å². The molecule has 96 valence electrons. The van der Waals surface area contributed by atoms with Crippen molar-refractivity contribution in [3.05, 3.63) is 35.4 Å². The molecule has 1 N–H and O–H groups in total. The summed E-state index contributed by atoms with van der Waals surface area (Å²) in [7, 11) is 0. The van der Waals surface area contributed by atoms with Gasteiger partial charge in [0.2, 0.25) is 0 Å². The molecule has 0 fully saturated rings. The molecule has 17 heavy (non-hydrogen) atoms. The quantitative estimate of drug-likeness (QED) is 0.780. The Bertz CT molecular complexity index is 318. The van der Waals surface area contributed by atoms with Gasteiger partial charge in [0.25, 0.3) is 0 Å². The summed E-state index contributed by atoms with van der Waals surface area (Å²) in [6.07, 6.45) is 0. The lowest BCUT2D eigenvalue weighted by Gasteiger charge is -2.23. The first-order chi connectivity index (χ1) is 8.15. The van der Waals surface area contributed by atoms with Gasteiger partial charge in [-0.25, -0.2) is 0 Å². The van der Waals surface area contributed by atoms with E-state index in [2.05, 4.69) is 62.2 Å². The van der Waals surface area contributed by atoms with Crippen molar-refractivity contribution in [2.24, 2.45) is 0 Å². The highest BCUT2D eigenvalue weighted by atomic mass is 15.1. The van der Waals surface area contributed by atoms with Crippen molar-refractivity contribution in [1.82, 2.24) is 10.2 Å². The number of aryl methyl sites for hydroxylation is 1. The van der Waals surface area contributed by atoms with Crippen LogP contribution in [0.2, 0.25) is 0 Å². The van der Waals surface area contributed by atoms with Crippen molar-refractivity contribution < 1.29 is 0 Å². The minimum atomic E-state index is 0.537. The topological polar surface area (TPSA) is 15.3 Å². The molecule has 1 unspecified atom stereocenters. The molecule has 0 spiro atoms. The summed E-state index contributed by atoms with van der Waals surface area (Å²) < 4.78 is 0. The summed E-state index contributed by atoms with van der Waals surface area (Å²) in [6.45, 7) is 13.2. The SMILES string of the molecule is CCN(CC)CC(C)NCc1cccc(C)c1. The van der Waals surface area contributed by atoms with E-state index in [1.807, 2.05) is 0 Å². The standard InChI is InChI=1S/C15H26N2/c1-5-17(6-2)12-14(4)16-11-15-9-7-8-13(3)10-15/h7-10,14,16H,5-6,11-12H2,1-4H3. The molecule has 1 atom stereocenters. The second kappa shape index (κ2) is 7.46. The van der Waals surface area contributed by atoms with Gasteiger partial charge in [-0.05, 0) is 32.5 Å². The Morgan fingerprint density at radius 2 is 1.94 bits per heavy atom. The van der Waals surface area contributed by atoms with Crippen LogP contribution in [-0.4, -0.2) is 30.6 Å². The molecule has 0 saturated heterocycles. The lowest BCUT2D eigenvalue weighted by Crippen LogP contribution is -2.38. The van der Waals surface area contributed by atoms with Crippen LogP contribution in [0.4, 0.5) is 0 Å². The summed E-state index contributed by atoms with van der Waals surface area (Å²) in [5.74, 6) is 0. The molecule has 0 aliphatic heterocycles. The molecule has 2 heteroatoms. The van der Waals surface area contributed by atoms with E-state index in [0.717, 1.165) is 26.2 Å². The van der Waals surface area contributed by atoms with Crippen LogP contribution in [0.15, 0.2) is 24.3 Å². The van der Waals surface area contributed by atoms with Crippen LogP contribution in [-0.2, 0) is 6.54 Å². The number of nitrogens with zero attached hydrogens (tertiary/aromatic N) is 1. The van der Waals surface area contributed by atoms with Crippen LogP contribution >= 0.6 is 0 Å². The Morgan fingerprint density at radius 3 is 2.53 bits per heavy atom. The molecule has 1 aromatic carbocycles. The number of hydrogen-bond donors (Lipinski definition) is 1. The third-order valence-corrected chi connectivity index (χ3v) is 3.16. The maximum absolute atomic E-state index is 3.58. The Kier molecular flexibility index (Phi) is 6.23. The van der Waals surface area contributed by atoms with E-state index in [0.29, 0.717) is 6.04 Å². The largest absolute Gasteiger partial charge is 0.309 e. The van der Waals surface area contributed by atoms with Gasteiger partial charge >= 0.3 is 0 Å². The Morgan fingerprint density at radius 1 is 1.24 bits per heavy atom. The first-order valence-electron chi connectivity index (χ1n) is 6.67. The lowest BCUT2D eigenvalue weighted by molar-refractivity contribution is 0.270. The molecular weight excluding hydrogens is 208 g/mol. The third kappa shape index (κ3) is 5.33. The molecule has 0 aromatic heterocycles. The summed E-state index contributed by atoms with van der Waals surface area (Å²) >= 11 is 0. The average Bonchev–Trinajstić information content (AvgIpc) is 2.33. The average molecular weight is 234 g/mol. The highest BCUT2D eigenvalue weighted by Gasteiger charge is 2.06. The zero-order valence-corrected chi connectivity index (χ0v) is 11.7. The van der Waals surface area contributed by atoms with Gasteiger partial charge in [0.1, 0.15) is 0 Å². The zero-order chi connectivity index (χ0) is 12.7. The van der Waals surface area contributed by atoms with Gasteiger partial charge < -0.3 is 10.2 Å². The molecular formula is C15H26N2. The molecule has 0 heterocycles. The fourth-order valence-corrected chi connectivity index (χ4v) is 2.05. The molecule has 0 aliphatic rings. The van der Waals surface area contributed by atoms with Crippen LogP contribution < -0.4 is 5.32 Å². The van der Waals surface area contributed by atoms with Crippen molar-refractivity contribution in [1.29, 1.82) is 0 Å². The predicted molar refractivity (Wildman–Crippen MR) is 75.3 cm³/mol.